The summed E-state index contributed by atoms with van der Waals surface area (Å²) in [5.41, 5.74) is 3.49. The third-order valence-electron chi connectivity index (χ3n) is 4.28. The predicted octanol–water partition coefficient (Wildman–Crippen LogP) is 5.77. The average Bonchev–Trinajstić information content (AvgIpc) is 3.05. The van der Waals surface area contributed by atoms with Crippen LogP contribution in [0.2, 0.25) is 0 Å². The molecule has 1 aliphatic rings. The van der Waals surface area contributed by atoms with Gasteiger partial charge in [-0.05, 0) is 44.5 Å². The van der Waals surface area contributed by atoms with Crippen molar-refractivity contribution in [3.8, 4) is 10.6 Å². The fraction of sp³-hybridized carbons (Fsp3) is 0.500. The van der Waals surface area contributed by atoms with Gasteiger partial charge in [-0.2, -0.15) is 0 Å². The molecule has 0 atom stereocenters. The highest BCUT2D eigenvalue weighted by molar-refractivity contribution is 7.80. The number of aromatic nitrogens is 1. The van der Waals surface area contributed by atoms with Crippen molar-refractivity contribution in [2.45, 2.75) is 51.9 Å². The van der Waals surface area contributed by atoms with Crippen LogP contribution >= 0.6 is 34.9 Å². The normalized spacial score (nSPS) is 16.3. The second-order valence-corrected chi connectivity index (χ2v) is 8.17. The number of aryl methyl sites for hydroxylation is 1. The number of aliphatic hydroxyl groups is 1. The molecule has 2 aromatic rings. The number of nitrogens with zero attached hydrogens (tertiary/aromatic N) is 1. The second-order valence-electron chi connectivity index (χ2n) is 5.70. The molecule has 1 N–H and O–H groups in total. The Hall–Kier alpha value is -0.780. The van der Waals surface area contributed by atoms with Gasteiger partial charge in [0.2, 0.25) is 0 Å². The Morgan fingerprint density at radius 2 is 2.00 bits per heavy atom. The van der Waals surface area contributed by atoms with Gasteiger partial charge in [-0.25, -0.2) is 4.98 Å². The topological polar surface area (TPSA) is 33.1 Å². The van der Waals surface area contributed by atoms with Crippen LogP contribution in [0.15, 0.2) is 5.38 Å². The molecule has 1 aliphatic carbocycles. The summed E-state index contributed by atoms with van der Waals surface area (Å²) in [6.45, 7) is 4.11. The van der Waals surface area contributed by atoms with E-state index >= 15 is 0 Å². The first-order chi connectivity index (χ1) is 10.1. The number of rotatable bonds is 3. The van der Waals surface area contributed by atoms with E-state index in [4.69, 9.17) is 17.2 Å². The molecular formula is C16H19NOS3. The first kappa shape index (κ1) is 15.1. The molecule has 3 rings (SSSR count). The van der Waals surface area contributed by atoms with Crippen LogP contribution in [0.25, 0.3) is 10.6 Å². The molecule has 0 saturated heterocycles. The van der Waals surface area contributed by atoms with Crippen molar-refractivity contribution in [1.29, 1.82) is 0 Å². The Kier molecular flexibility index (Phi) is 4.43. The molecule has 112 valence electrons. The Bertz CT molecular complexity index is 665. The van der Waals surface area contributed by atoms with Crippen molar-refractivity contribution in [3.63, 3.8) is 0 Å². The molecule has 2 nitrogen and oxygen atoms in total. The van der Waals surface area contributed by atoms with Crippen LogP contribution in [0, 0.1) is 13.8 Å². The molecule has 0 amide bonds. The van der Waals surface area contributed by atoms with Crippen LogP contribution in [0.3, 0.4) is 0 Å². The van der Waals surface area contributed by atoms with Gasteiger partial charge in [0.1, 0.15) is 5.01 Å². The van der Waals surface area contributed by atoms with Crippen LogP contribution in [-0.4, -0.2) is 15.1 Å². The molecule has 1 saturated carbocycles. The first-order valence-electron chi connectivity index (χ1n) is 7.37. The molecule has 0 radical (unpaired) electrons. The van der Waals surface area contributed by atoms with E-state index in [1.807, 2.05) is 6.92 Å². The zero-order chi connectivity index (χ0) is 15.0. The summed E-state index contributed by atoms with van der Waals surface area (Å²) < 4.78 is 0. The third kappa shape index (κ3) is 2.91. The summed E-state index contributed by atoms with van der Waals surface area (Å²) in [7, 11) is 0. The lowest BCUT2D eigenvalue weighted by Gasteiger charge is -2.19. The minimum absolute atomic E-state index is 0.00379. The van der Waals surface area contributed by atoms with Crippen molar-refractivity contribution < 1.29 is 5.11 Å². The largest absolute Gasteiger partial charge is 0.498 e. The second kappa shape index (κ2) is 6.15. The molecule has 21 heavy (non-hydrogen) atoms. The van der Waals surface area contributed by atoms with Crippen LogP contribution in [-0.2, 0) is 0 Å². The number of aliphatic hydroxyl groups excluding tert-OH is 1. The van der Waals surface area contributed by atoms with Crippen molar-refractivity contribution in [2.75, 3.05) is 0 Å². The molecule has 1 fully saturated rings. The lowest BCUT2D eigenvalue weighted by molar-refractivity contribution is 0.438. The molecule has 0 bridgehead atoms. The van der Waals surface area contributed by atoms with Crippen LogP contribution < -0.4 is 0 Å². The maximum Gasteiger partial charge on any atom is 0.199 e. The van der Waals surface area contributed by atoms with Gasteiger partial charge in [0.15, 0.2) is 5.05 Å². The molecule has 0 aliphatic heterocycles. The summed E-state index contributed by atoms with van der Waals surface area (Å²) in [4.78, 5) is 6.89. The van der Waals surface area contributed by atoms with E-state index in [1.54, 1.807) is 22.7 Å². The molecule has 5 heteroatoms. The van der Waals surface area contributed by atoms with E-state index in [-0.39, 0.29) is 5.05 Å². The lowest BCUT2D eigenvalue weighted by atomic mass is 9.87. The molecule has 0 aromatic carbocycles. The maximum absolute atomic E-state index is 9.62. The maximum atomic E-state index is 9.62. The third-order valence-corrected chi connectivity index (χ3v) is 6.70. The van der Waals surface area contributed by atoms with Crippen LogP contribution in [0.5, 0.6) is 0 Å². The highest BCUT2D eigenvalue weighted by atomic mass is 32.1. The molecular weight excluding hydrogens is 318 g/mol. The van der Waals surface area contributed by atoms with E-state index in [0.29, 0.717) is 5.92 Å². The van der Waals surface area contributed by atoms with E-state index in [1.165, 1.54) is 48.2 Å². The monoisotopic (exact) mass is 337 g/mol. The molecule has 2 heterocycles. The minimum Gasteiger partial charge on any atom is -0.498 e. The summed E-state index contributed by atoms with van der Waals surface area (Å²) in [5, 5.41) is 12.9. The highest BCUT2D eigenvalue weighted by Crippen LogP contribution is 2.40. The summed E-state index contributed by atoms with van der Waals surface area (Å²) in [5.74, 6) is 0.640. The smallest absolute Gasteiger partial charge is 0.199 e. The summed E-state index contributed by atoms with van der Waals surface area (Å²) in [6, 6.07) is 0. The van der Waals surface area contributed by atoms with Crippen molar-refractivity contribution in [3.05, 3.63) is 26.4 Å². The minimum atomic E-state index is -0.00379. The van der Waals surface area contributed by atoms with Gasteiger partial charge in [-0.3, -0.25) is 0 Å². The van der Waals surface area contributed by atoms with E-state index in [0.717, 1.165) is 15.4 Å². The molecule has 0 spiro atoms. The van der Waals surface area contributed by atoms with Crippen molar-refractivity contribution in [1.82, 2.24) is 4.98 Å². The van der Waals surface area contributed by atoms with Gasteiger partial charge < -0.3 is 5.11 Å². The Morgan fingerprint density at radius 3 is 2.62 bits per heavy atom. The number of thiazole rings is 1. The fourth-order valence-electron chi connectivity index (χ4n) is 3.16. The Morgan fingerprint density at radius 1 is 1.29 bits per heavy atom. The van der Waals surface area contributed by atoms with Gasteiger partial charge in [0.05, 0.1) is 10.6 Å². The van der Waals surface area contributed by atoms with Gasteiger partial charge >= 0.3 is 0 Å². The standard InChI is InChI=1S/C16H19NOS3/c1-9-13(10(2)21-14(9)16(18)19)15-17-12(8-20-15)11-6-4-3-5-7-11/h8,11H,3-7H2,1-2H3,(H,18,19). The SMILES string of the molecule is Cc1sc(C(O)=S)c(C)c1-c1nc(C2CCCCC2)cs1. The van der Waals surface area contributed by atoms with Gasteiger partial charge in [0.25, 0.3) is 0 Å². The van der Waals surface area contributed by atoms with E-state index in [9.17, 15) is 5.11 Å². The molecule has 2 aromatic heterocycles. The van der Waals surface area contributed by atoms with Crippen molar-refractivity contribution >= 4 is 39.9 Å². The van der Waals surface area contributed by atoms with Crippen LogP contribution in [0.4, 0.5) is 0 Å². The Labute approximate surface area is 138 Å². The highest BCUT2D eigenvalue weighted by Gasteiger charge is 2.22. The van der Waals surface area contributed by atoms with E-state index < -0.39 is 0 Å². The summed E-state index contributed by atoms with van der Waals surface area (Å²) >= 11 is 8.21. The van der Waals surface area contributed by atoms with Gasteiger partial charge in [0, 0.05) is 21.7 Å². The lowest BCUT2D eigenvalue weighted by Crippen LogP contribution is -2.04. The van der Waals surface area contributed by atoms with E-state index in [2.05, 4.69) is 12.3 Å². The average molecular weight is 338 g/mol. The number of thiocarbonyl (C=S) groups is 1. The first-order valence-corrected chi connectivity index (χ1v) is 9.47. The van der Waals surface area contributed by atoms with Gasteiger partial charge in [-0.1, -0.05) is 19.3 Å². The number of thiophene rings is 1. The molecule has 0 unspecified atom stereocenters. The number of hydrogen-bond acceptors (Lipinski definition) is 4. The quantitative estimate of drug-likeness (QED) is 0.722. The van der Waals surface area contributed by atoms with Crippen molar-refractivity contribution in [2.24, 2.45) is 0 Å². The fourth-order valence-corrected chi connectivity index (χ4v) is 5.56. The Balaban J connectivity index is 1.94. The number of hydrogen-bond donors (Lipinski definition) is 1. The van der Waals surface area contributed by atoms with Gasteiger partial charge in [-0.15, -0.1) is 22.7 Å². The zero-order valence-corrected chi connectivity index (χ0v) is 14.8. The summed E-state index contributed by atoms with van der Waals surface area (Å²) in [6.07, 6.45) is 6.58. The predicted molar refractivity (Wildman–Crippen MR) is 95.1 cm³/mol. The zero-order valence-electron chi connectivity index (χ0n) is 12.3. The van der Waals surface area contributed by atoms with Crippen LogP contribution in [0.1, 0.15) is 59.0 Å².